The molecule has 0 aliphatic carbocycles. The lowest BCUT2D eigenvalue weighted by atomic mass is 10.1. The first-order valence-electron chi connectivity index (χ1n) is 9.69. The molecule has 0 saturated heterocycles. The molecule has 1 aliphatic heterocycles. The molecule has 0 bridgehead atoms. The summed E-state index contributed by atoms with van der Waals surface area (Å²) in [7, 11) is -3.52. The van der Waals surface area contributed by atoms with Gasteiger partial charge in [-0.05, 0) is 49.6 Å². The Bertz CT molecular complexity index is 1070. The third-order valence-electron chi connectivity index (χ3n) is 4.82. The fourth-order valence-corrected chi connectivity index (χ4v) is 4.63. The van der Waals surface area contributed by atoms with Gasteiger partial charge < -0.3 is 5.32 Å². The molecule has 2 N–H and O–H groups in total. The predicted molar refractivity (Wildman–Crippen MR) is 115 cm³/mol. The van der Waals surface area contributed by atoms with Crippen molar-refractivity contribution in [3.63, 3.8) is 0 Å². The molecule has 1 unspecified atom stereocenters. The number of hydrogen-bond donors (Lipinski definition) is 2. The van der Waals surface area contributed by atoms with Crippen LogP contribution in [-0.4, -0.2) is 26.7 Å². The van der Waals surface area contributed by atoms with Gasteiger partial charge in [0.05, 0.1) is 16.0 Å². The van der Waals surface area contributed by atoms with E-state index in [1.165, 1.54) is 12.1 Å². The van der Waals surface area contributed by atoms with Crippen molar-refractivity contribution in [2.45, 2.75) is 43.5 Å². The van der Waals surface area contributed by atoms with Crippen molar-refractivity contribution >= 4 is 33.4 Å². The van der Waals surface area contributed by atoms with Gasteiger partial charge in [0.1, 0.15) is 11.7 Å². The van der Waals surface area contributed by atoms with Gasteiger partial charge in [0.15, 0.2) is 0 Å². The monoisotopic (exact) mass is 451 g/mol. The van der Waals surface area contributed by atoms with Gasteiger partial charge >= 0.3 is 0 Å². The quantitative estimate of drug-likeness (QED) is 0.595. The standard InChI is InChI=1S/C21H23ClFN3O3S/c1-14(15-10-11-18(23)17(22)13-15)25-20(27)9-3-2-6-12-24-21-16-7-4-5-8-19(16)30(28,29)26-21/h4-5,7-8,10-11,13-14H,2-3,6,9,12H2,1H3,(H,24,26)(H,25,27). The van der Waals surface area contributed by atoms with Crippen LogP contribution in [0.4, 0.5) is 4.39 Å². The first-order valence-corrected chi connectivity index (χ1v) is 11.5. The van der Waals surface area contributed by atoms with Gasteiger partial charge in [-0.3, -0.25) is 14.5 Å². The van der Waals surface area contributed by atoms with Gasteiger partial charge in [0, 0.05) is 18.5 Å². The van der Waals surface area contributed by atoms with Gasteiger partial charge in [-0.25, -0.2) is 12.8 Å². The molecule has 160 valence electrons. The number of unbranched alkanes of at least 4 members (excludes halogenated alkanes) is 2. The molecule has 1 aliphatic rings. The van der Waals surface area contributed by atoms with Crippen molar-refractivity contribution in [1.82, 2.24) is 10.0 Å². The van der Waals surface area contributed by atoms with Crippen LogP contribution in [0.3, 0.4) is 0 Å². The number of sulfonamides is 1. The topological polar surface area (TPSA) is 87.6 Å². The smallest absolute Gasteiger partial charge is 0.263 e. The fourth-order valence-electron chi connectivity index (χ4n) is 3.19. The summed E-state index contributed by atoms with van der Waals surface area (Å²) in [6.45, 7) is 2.29. The number of amidine groups is 1. The lowest BCUT2D eigenvalue weighted by molar-refractivity contribution is -0.121. The summed E-state index contributed by atoms with van der Waals surface area (Å²) in [5.41, 5.74) is 1.33. The second kappa shape index (κ2) is 9.57. The van der Waals surface area contributed by atoms with Gasteiger partial charge in [-0.15, -0.1) is 0 Å². The first-order chi connectivity index (χ1) is 14.3. The van der Waals surface area contributed by atoms with E-state index in [2.05, 4.69) is 15.0 Å². The maximum atomic E-state index is 13.2. The SMILES string of the molecule is CC(NC(=O)CCCCCN=C1NS(=O)(=O)c2ccccc21)c1ccc(F)c(Cl)c1. The van der Waals surface area contributed by atoms with Crippen LogP contribution in [0.15, 0.2) is 52.4 Å². The maximum absolute atomic E-state index is 13.2. The van der Waals surface area contributed by atoms with E-state index in [4.69, 9.17) is 11.6 Å². The van der Waals surface area contributed by atoms with Crippen LogP contribution in [0, 0.1) is 5.82 Å². The molecule has 0 radical (unpaired) electrons. The molecule has 1 heterocycles. The fraction of sp³-hybridized carbons (Fsp3) is 0.333. The lowest BCUT2D eigenvalue weighted by Gasteiger charge is -2.14. The molecular weight excluding hydrogens is 429 g/mol. The Morgan fingerprint density at radius 2 is 1.97 bits per heavy atom. The van der Waals surface area contributed by atoms with E-state index in [0.29, 0.717) is 30.8 Å². The number of rotatable bonds is 8. The molecule has 2 aromatic rings. The number of benzene rings is 2. The molecule has 3 rings (SSSR count). The highest BCUT2D eigenvalue weighted by molar-refractivity contribution is 7.90. The molecule has 0 fully saturated rings. The Morgan fingerprint density at radius 1 is 1.20 bits per heavy atom. The predicted octanol–water partition coefficient (Wildman–Crippen LogP) is 3.96. The summed E-state index contributed by atoms with van der Waals surface area (Å²) in [5, 5.41) is 2.90. The zero-order chi connectivity index (χ0) is 21.7. The summed E-state index contributed by atoms with van der Waals surface area (Å²) in [6.07, 6.45) is 2.58. The minimum Gasteiger partial charge on any atom is -0.350 e. The molecule has 9 heteroatoms. The van der Waals surface area contributed by atoms with Gasteiger partial charge in [0.25, 0.3) is 10.0 Å². The number of fused-ring (bicyclic) bond motifs is 1. The Labute approximate surface area is 180 Å². The third kappa shape index (κ3) is 5.37. The summed E-state index contributed by atoms with van der Waals surface area (Å²) >= 11 is 5.78. The lowest BCUT2D eigenvalue weighted by Crippen LogP contribution is -2.26. The zero-order valence-electron chi connectivity index (χ0n) is 16.5. The molecule has 1 atom stereocenters. The summed E-state index contributed by atoms with van der Waals surface area (Å²) in [4.78, 5) is 16.7. The van der Waals surface area contributed by atoms with E-state index in [1.807, 2.05) is 6.92 Å². The van der Waals surface area contributed by atoms with E-state index < -0.39 is 15.8 Å². The third-order valence-corrected chi connectivity index (χ3v) is 6.50. The van der Waals surface area contributed by atoms with Crippen LogP contribution in [0.25, 0.3) is 0 Å². The highest BCUT2D eigenvalue weighted by atomic mass is 35.5. The Morgan fingerprint density at radius 3 is 2.73 bits per heavy atom. The largest absolute Gasteiger partial charge is 0.350 e. The molecule has 0 spiro atoms. The average Bonchev–Trinajstić information content (AvgIpc) is 2.97. The van der Waals surface area contributed by atoms with Crippen molar-refractivity contribution in [3.8, 4) is 0 Å². The Balaban J connectivity index is 1.40. The summed E-state index contributed by atoms with van der Waals surface area (Å²) in [6, 6.07) is 10.9. The Kier molecular flexibility index (Phi) is 7.10. The number of aliphatic imine (C=N–C) groups is 1. The van der Waals surface area contributed by atoms with Crippen LogP contribution in [-0.2, 0) is 14.8 Å². The van der Waals surface area contributed by atoms with Gasteiger partial charge in [-0.2, -0.15) is 0 Å². The van der Waals surface area contributed by atoms with E-state index in [1.54, 1.807) is 30.3 Å². The maximum Gasteiger partial charge on any atom is 0.263 e. The second-order valence-corrected chi connectivity index (χ2v) is 9.16. The number of halogens is 2. The average molecular weight is 452 g/mol. The summed E-state index contributed by atoms with van der Waals surface area (Å²) in [5.74, 6) is -0.210. The van der Waals surface area contributed by atoms with Crippen molar-refractivity contribution in [3.05, 3.63) is 64.4 Å². The highest BCUT2D eigenvalue weighted by Gasteiger charge is 2.29. The van der Waals surface area contributed by atoms with E-state index >= 15 is 0 Å². The normalized spacial score (nSPS) is 16.7. The van der Waals surface area contributed by atoms with E-state index in [0.717, 1.165) is 18.4 Å². The van der Waals surface area contributed by atoms with Gasteiger partial charge in [-0.1, -0.05) is 36.2 Å². The van der Waals surface area contributed by atoms with Crippen molar-refractivity contribution < 1.29 is 17.6 Å². The molecule has 30 heavy (non-hydrogen) atoms. The van der Waals surface area contributed by atoms with Crippen LogP contribution < -0.4 is 10.0 Å². The van der Waals surface area contributed by atoms with E-state index in [-0.39, 0.29) is 21.9 Å². The number of carbonyl (C=O) groups excluding carboxylic acids is 1. The van der Waals surface area contributed by atoms with Crippen LogP contribution in [0.2, 0.25) is 5.02 Å². The minimum atomic E-state index is -3.52. The first kappa shape index (κ1) is 22.2. The van der Waals surface area contributed by atoms with Crippen molar-refractivity contribution in [2.75, 3.05) is 6.54 Å². The molecule has 6 nitrogen and oxygen atoms in total. The second-order valence-electron chi connectivity index (χ2n) is 7.11. The molecule has 2 aromatic carbocycles. The number of carbonyl (C=O) groups is 1. The minimum absolute atomic E-state index is 0.0300. The zero-order valence-corrected chi connectivity index (χ0v) is 18.1. The van der Waals surface area contributed by atoms with Crippen molar-refractivity contribution in [1.29, 1.82) is 0 Å². The summed E-state index contributed by atoms with van der Waals surface area (Å²) < 4.78 is 39.8. The van der Waals surface area contributed by atoms with Crippen molar-refractivity contribution in [2.24, 2.45) is 4.99 Å². The molecule has 1 amide bonds. The van der Waals surface area contributed by atoms with Crippen LogP contribution in [0.5, 0.6) is 0 Å². The number of amides is 1. The number of nitrogens with one attached hydrogen (secondary N) is 2. The Hall–Kier alpha value is -2.45. The highest BCUT2D eigenvalue weighted by Crippen LogP contribution is 2.22. The molecular formula is C21H23ClFN3O3S. The molecule has 0 aromatic heterocycles. The molecule has 0 saturated carbocycles. The number of nitrogens with zero attached hydrogens (tertiary/aromatic N) is 1. The van der Waals surface area contributed by atoms with Gasteiger partial charge in [0.2, 0.25) is 5.91 Å². The van der Waals surface area contributed by atoms with Crippen LogP contribution in [0.1, 0.15) is 49.8 Å². The van der Waals surface area contributed by atoms with Crippen LogP contribution >= 0.6 is 11.6 Å². The number of hydrogen-bond acceptors (Lipinski definition) is 4. The van der Waals surface area contributed by atoms with E-state index in [9.17, 15) is 17.6 Å².